The van der Waals surface area contributed by atoms with Crippen LogP contribution >= 0.6 is 17.2 Å². The van der Waals surface area contributed by atoms with Gasteiger partial charge in [0.15, 0.2) is 0 Å². The Hall–Kier alpha value is -0.700. The van der Waals surface area contributed by atoms with Crippen molar-refractivity contribution in [3.8, 4) is 0 Å². The standard InChI is InChI=1S/C19H26P2/c1-3-21(4-2)16-15-19(20,17-11-7-5-8-12-17)18-13-9-6-10-14-18/h5-14H,3-4,15-16,20H2,1-2H3. The first-order valence-electron chi connectivity index (χ1n) is 7.83. The molecule has 0 nitrogen and oxygen atoms in total. The average Bonchev–Trinajstić information content (AvgIpc) is 2.57. The fraction of sp³-hybridized carbons (Fsp3) is 0.368. The zero-order valence-corrected chi connectivity index (χ0v) is 15.2. The van der Waals surface area contributed by atoms with E-state index in [1.165, 1.54) is 36.0 Å². The fourth-order valence-corrected chi connectivity index (χ4v) is 5.32. The van der Waals surface area contributed by atoms with Crippen LogP contribution in [0.3, 0.4) is 0 Å². The lowest BCUT2D eigenvalue weighted by Crippen LogP contribution is -2.21. The molecule has 0 spiro atoms. The van der Waals surface area contributed by atoms with Gasteiger partial charge in [-0.25, -0.2) is 0 Å². The first-order chi connectivity index (χ1) is 10.2. The summed E-state index contributed by atoms with van der Waals surface area (Å²) in [5, 5.41) is 0.0491. The van der Waals surface area contributed by atoms with Gasteiger partial charge in [-0.2, -0.15) is 0 Å². The van der Waals surface area contributed by atoms with Crippen molar-refractivity contribution in [1.29, 1.82) is 0 Å². The summed E-state index contributed by atoms with van der Waals surface area (Å²) in [6.07, 6.45) is 5.24. The largest absolute Gasteiger partial charge is 0.122 e. The molecule has 0 aliphatic heterocycles. The van der Waals surface area contributed by atoms with Gasteiger partial charge < -0.3 is 0 Å². The quantitative estimate of drug-likeness (QED) is 0.573. The van der Waals surface area contributed by atoms with Crippen molar-refractivity contribution in [2.24, 2.45) is 0 Å². The molecule has 2 rings (SSSR count). The predicted octanol–water partition coefficient (Wildman–Crippen LogP) is 5.72. The van der Waals surface area contributed by atoms with Gasteiger partial charge in [0, 0.05) is 5.16 Å². The van der Waals surface area contributed by atoms with Crippen molar-refractivity contribution in [2.75, 3.05) is 18.5 Å². The summed E-state index contributed by atoms with van der Waals surface area (Å²) in [6, 6.07) is 21.9. The number of rotatable bonds is 7. The summed E-state index contributed by atoms with van der Waals surface area (Å²) >= 11 is 0. The molecule has 0 amide bonds. The molecule has 0 fully saturated rings. The van der Waals surface area contributed by atoms with Crippen LogP contribution in [0.1, 0.15) is 31.4 Å². The second-order valence-corrected chi connectivity index (χ2v) is 9.52. The Kier molecular flexibility index (Phi) is 6.40. The molecule has 112 valence electrons. The molecular formula is C19H26P2. The van der Waals surface area contributed by atoms with E-state index in [0.29, 0.717) is 0 Å². The normalized spacial score (nSPS) is 11.8. The van der Waals surface area contributed by atoms with Crippen molar-refractivity contribution in [3.05, 3.63) is 71.8 Å². The second-order valence-electron chi connectivity index (χ2n) is 5.48. The Labute approximate surface area is 133 Å². The molecule has 0 bridgehead atoms. The highest BCUT2D eigenvalue weighted by atomic mass is 31.1. The minimum absolute atomic E-state index is 0.0491. The molecule has 0 aliphatic carbocycles. The van der Waals surface area contributed by atoms with Gasteiger partial charge in [0.1, 0.15) is 0 Å². The number of benzene rings is 2. The highest BCUT2D eigenvalue weighted by molar-refractivity contribution is 7.57. The van der Waals surface area contributed by atoms with E-state index >= 15 is 0 Å². The smallest absolute Gasteiger partial charge is 0.0347 e. The van der Waals surface area contributed by atoms with Gasteiger partial charge in [0.2, 0.25) is 0 Å². The van der Waals surface area contributed by atoms with Crippen LogP contribution in [0.5, 0.6) is 0 Å². The van der Waals surface area contributed by atoms with Crippen LogP contribution in [-0.4, -0.2) is 18.5 Å². The molecule has 1 unspecified atom stereocenters. The van der Waals surface area contributed by atoms with Crippen molar-refractivity contribution < 1.29 is 0 Å². The van der Waals surface area contributed by atoms with Gasteiger partial charge in [0.25, 0.3) is 0 Å². The lowest BCUT2D eigenvalue weighted by molar-refractivity contribution is 0.714. The van der Waals surface area contributed by atoms with E-state index in [4.69, 9.17) is 0 Å². The van der Waals surface area contributed by atoms with Crippen molar-refractivity contribution in [2.45, 2.75) is 25.4 Å². The van der Waals surface area contributed by atoms with Gasteiger partial charge in [0.05, 0.1) is 0 Å². The van der Waals surface area contributed by atoms with E-state index in [0.717, 1.165) is 0 Å². The third kappa shape index (κ3) is 4.15. The molecule has 0 radical (unpaired) electrons. The summed E-state index contributed by atoms with van der Waals surface area (Å²) in [6.45, 7) is 4.68. The van der Waals surface area contributed by atoms with Crippen LogP contribution in [0.15, 0.2) is 60.7 Å². The highest BCUT2D eigenvalue weighted by Crippen LogP contribution is 2.46. The van der Waals surface area contributed by atoms with Gasteiger partial charge in [-0.1, -0.05) is 74.5 Å². The van der Waals surface area contributed by atoms with Crippen LogP contribution in [0.25, 0.3) is 0 Å². The van der Waals surface area contributed by atoms with Gasteiger partial charge in [-0.05, 0) is 36.0 Å². The summed E-state index contributed by atoms with van der Waals surface area (Å²) in [5.41, 5.74) is 2.81. The molecular weight excluding hydrogens is 290 g/mol. The van der Waals surface area contributed by atoms with Crippen LogP contribution in [0, 0.1) is 0 Å². The highest BCUT2D eigenvalue weighted by Gasteiger charge is 2.29. The third-order valence-electron chi connectivity index (χ3n) is 4.29. The Morgan fingerprint density at radius 2 is 1.24 bits per heavy atom. The summed E-state index contributed by atoms with van der Waals surface area (Å²) < 4.78 is 0. The maximum Gasteiger partial charge on any atom is 0.0347 e. The Morgan fingerprint density at radius 1 is 0.810 bits per heavy atom. The minimum Gasteiger partial charge on any atom is -0.122 e. The summed E-state index contributed by atoms with van der Waals surface area (Å²) in [4.78, 5) is 0. The topological polar surface area (TPSA) is 0 Å². The van der Waals surface area contributed by atoms with Crippen LogP contribution in [0.4, 0.5) is 0 Å². The van der Waals surface area contributed by atoms with Gasteiger partial charge in [-0.15, -0.1) is 17.2 Å². The molecule has 2 aromatic rings. The zero-order chi connectivity index (χ0) is 15.1. The fourth-order valence-electron chi connectivity index (χ4n) is 2.80. The van der Waals surface area contributed by atoms with Gasteiger partial charge >= 0.3 is 0 Å². The molecule has 1 atom stereocenters. The Bertz CT molecular complexity index is 478. The lowest BCUT2D eigenvalue weighted by Gasteiger charge is -2.32. The molecule has 21 heavy (non-hydrogen) atoms. The Morgan fingerprint density at radius 3 is 1.62 bits per heavy atom. The molecule has 0 N–H and O–H groups in total. The van der Waals surface area contributed by atoms with E-state index in [1.807, 2.05) is 0 Å². The lowest BCUT2D eigenvalue weighted by atomic mass is 9.88. The molecule has 2 aromatic carbocycles. The second kappa shape index (κ2) is 8.07. The first-order valence-corrected chi connectivity index (χ1v) is 10.3. The maximum absolute atomic E-state index is 3.16. The third-order valence-corrected chi connectivity index (χ3v) is 7.89. The van der Waals surface area contributed by atoms with Crippen molar-refractivity contribution in [3.63, 3.8) is 0 Å². The van der Waals surface area contributed by atoms with E-state index in [1.54, 1.807) is 0 Å². The van der Waals surface area contributed by atoms with Crippen molar-refractivity contribution in [1.82, 2.24) is 0 Å². The molecule has 2 heteroatoms. The zero-order valence-electron chi connectivity index (χ0n) is 13.1. The number of hydrogen-bond acceptors (Lipinski definition) is 0. The minimum atomic E-state index is 0.0491. The SMILES string of the molecule is CCP(CC)CCC(P)(c1ccccc1)c1ccccc1. The van der Waals surface area contributed by atoms with Crippen LogP contribution in [-0.2, 0) is 5.16 Å². The Balaban J connectivity index is 2.31. The summed E-state index contributed by atoms with van der Waals surface area (Å²) in [7, 11) is 3.35. The molecule has 0 heterocycles. The summed E-state index contributed by atoms with van der Waals surface area (Å²) in [5.74, 6) is 0. The maximum atomic E-state index is 3.16. The number of hydrogen-bond donors (Lipinski definition) is 0. The molecule has 0 saturated heterocycles. The molecule has 0 saturated carbocycles. The van der Waals surface area contributed by atoms with E-state index in [9.17, 15) is 0 Å². The average molecular weight is 316 g/mol. The van der Waals surface area contributed by atoms with Crippen LogP contribution in [0.2, 0.25) is 0 Å². The predicted molar refractivity (Wildman–Crippen MR) is 101 cm³/mol. The van der Waals surface area contributed by atoms with Gasteiger partial charge in [-0.3, -0.25) is 0 Å². The van der Waals surface area contributed by atoms with E-state index in [2.05, 4.69) is 83.8 Å². The van der Waals surface area contributed by atoms with E-state index in [-0.39, 0.29) is 13.1 Å². The molecule has 0 aromatic heterocycles. The van der Waals surface area contributed by atoms with Crippen molar-refractivity contribution >= 4 is 17.2 Å². The molecule has 0 aliphatic rings. The monoisotopic (exact) mass is 316 g/mol. The first kappa shape index (κ1) is 16.7. The van der Waals surface area contributed by atoms with E-state index < -0.39 is 0 Å². The van der Waals surface area contributed by atoms with Crippen LogP contribution < -0.4 is 0 Å².